The highest BCUT2D eigenvalue weighted by molar-refractivity contribution is 7.17. The standard InChI is InChI=1S/C25H32BN3O4S/c1-23(2)13-18-20(21(30)27-15-23)34-22(28-18)29-11-12-31-19(14-29)16-9-7-8-10-17(16)26-32-24(3,4)25(5,6)33-26/h8,10-12,14H,7,9,13,15H2,1-6H3,(H,27,30). The van der Waals surface area contributed by atoms with Crippen molar-refractivity contribution in [2.24, 2.45) is 5.41 Å². The maximum atomic E-state index is 12.6. The Kier molecular flexibility index (Phi) is 5.58. The van der Waals surface area contributed by atoms with Crippen LogP contribution in [0.3, 0.4) is 0 Å². The van der Waals surface area contributed by atoms with Crippen molar-refractivity contribution in [3.05, 3.63) is 58.2 Å². The van der Waals surface area contributed by atoms with Crippen LogP contribution in [0.15, 0.2) is 47.6 Å². The molecule has 0 saturated carbocycles. The van der Waals surface area contributed by atoms with Gasteiger partial charge in [-0.3, -0.25) is 9.69 Å². The first kappa shape index (κ1) is 23.4. The van der Waals surface area contributed by atoms with Crippen LogP contribution in [0.25, 0.3) is 0 Å². The molecule has 9 heteroatoms. The van der Waals surface area contributed by atoms with Crippen LogP contribution in [-0.4, -0.2) is 35.8 Å². The fourth-order valence-corrected chi connectivity index (χ4v) is 5.40. The SMILES string of the molecule is CC1(C)CNC(=O)c2sc(N3C=COC(C4=C(B5OC(C)(C)C(C)(C)O5)C=CCC4)=C3)nc2C1. The highest BCUT2D eigenvalue weighted by Crippen LogP contribution is 2.42. The third kappa shape index (κ3) is 4.14. The number of carbonyl (C=O) groups is 1. The number of hydrogen-bond donors (Lipinski definition) is 1. The van der Waals surface area contributed by atoms with Crippen molar-refractivity contribution in [3.8, 4) is 0 Å². The topological polar surface area (TPSA) is 72.9 Å². The van der Waals surface area contributed by atoms with Crippen molar-refractivity contribution < 1.29 is 18.8 Å². The Morgan fingerprint density at radius 3 is 2.62 bits per heavy atom. The fourth-order valence-electron chi connectivity index (χ4n) is 4.44. The molecule has 0 aromatic carbocycles. The summed E-state index contributed by atoms with van der Waals surface area (Å²) >= 11 is 1.41. The largest absolute Gasteiger partial charge is 0.495 e. The van der Waals surface area contributed by atoms with Crippen LogP contribution < -0.4 is 10.2 Å². The van der Waals surface area contributed by atoms with Gasteiger partial charge in [-0.2, -0.15) is 0 Å². The van der Waals surface area contributed by atoms with E-state index in [1.54, 1.807) is 6.26 Å². The molecule has 1 aliphatic carbocycles. The number of fused-ring (bicyclic) bond motifs is 1. The number of nitrogens with one attached hydrogen (secondary N) is 1. The lowest BCUT2D eigenvalue weighted by molar-refractivity contribution is 0.00578. The van der Waals surface area contributed by atoms with Gasteiger partial charge < -0.3 is 19.4 Å². The van der Waals surface area contributed by atoms with Crippen molar-refractivity contribution in [3.63, 3.8) is 0 Å². The van der Waals surface area contributed by atoms with E-state index in [9.17, 15) is 4.79 Å². The maximum absolute atomic E-state index is 12.6. The second kappa shape index (κ2) is 8.10. The van der Waals surface area contributed by atoms with Gasteiger partial charge in [0.2, 0.25) is 0 Å². The predicted molar refractivity (Wildman–Crippen MR) is 134 cm³/mol. The molecular formula is C25H32BN3O4S. The van der Waals surface area contributed by atoms with Gasteiger partial charge in [-0.25, -0.2) is 4.98 Å². The molecular weight excluding hydrogens is 449 g/mol. The normalized spacial score (nSPS) is 25.0. The molecule has 1 fully saturated rings. The van der Waals surface area contributed by atoms with Crippen LogP contribution in [-0.2, 0) is 20.5 Å². The van der Waals surface area contributed by atoms with Crippen molar-refractivity contribution >= 4 is 29.5 Å². The van der Waals surface area contributed by atoms with Gasteiger partial charge in [0.25, 0.3) is 5.91 Å². The molecule has 34 heavy (non-hydrogen) atoms. The molecule has 1 saturated heterocycles. The number of nitrogens with zero attached hydrogens (tertiary/aromatic N) is 2. The molecule has 5 rings (SSSR count). The molecule has 1 N–H and O–H groups in total. The average Bonchev–Trinajstić information content (AvgIpc) is 3.25. The zero-order valence-corrected chi connectivity index (χ0v) is 21.5. The molecule has 7 nitrogen and oxygen atoms in total. The molecule has 1 aromatic heterocycles. The summed E-state index contributed by atoms with van der Waals surface area (Å²) in [4.78, 5) is 20.1. The summed E-state index contributed by atoms with van der Waals surface area (Å²) in [5.74, 6) is 0.695. The number of aromatic nitrogens is 1. The summed E-state index contributed by atoms with van der Waals surface area (Å²) in [6.07, 6.45) is 12.2. The molecule has 4 aliphatic rings. The Labute approximate surface area is 205 Å². The van der Waals surface area contributed by atoms with Crippen LogP contribution in [0.1, 0.15) is 69.7 Å². The van der Waals surface area contributed by atoms with Crippen molar-refractivity contribution in [2.45, 2.75) is 72.0 Å². The van der Waals surface area contributed by atoms with Crippen molar-refractivity contribution in [2.75, 3.05) is 11.4 Å². The number of carbonyl (C=O) groups excluding carboxylic acids is 1. The van der Waals surface area contributed by atoms with Gasteiger partial charge in [0.1, 0.15) is 16.9 Å². The van der Waals surface area contributed by atoms with E-state index in [-0.39, 0.29) is 11.3 Å². The summed E-state index contributed by atoms with van der Waals surface area (Å²) in [5, 5.41) is 3.78. The lowest BCUT2D eigenvalue weighted by atomic mass is 9.72. The van der Waals surface area contributed by atoms with E-state index in [0.29, 0.717) is 11.4 Å². The number of rotatable bonds is 3. The summed E-state index contributed by atoms with van der Waals surface area (Å²) < 4.78 is 18.6. The minimum Gasteiger partial charge on any atom is -0.462 e. The number of amides is 1. The van der Waals surface area contributed by atoms with Crippen LogP contribution in [0.5, 0.6) is 0 Å². The van der Waals surface area contributed by atoms with E-state index in [4.69, 9.17) is 19.0 Å². The first-order valence-corrected chi connectivity index (χ1v) is 12.6. The van der Waals surface area contributed by atoms with Gasteiger partial charge >= 0.3 is 7.12 Å². The Morgan fingerprint density at radius 1 is 1.15 bits per heavy atom. The van der Waals surface area contributed by atoms with E-state index in [0.717, 1.165) is 46.9 Å². The summed E-state index contributed by atoms with van der Waals surface area (Å²) in [6.45, 7) is 13.2. The van der Waals surface area contributed by atoms with E-state index in [1.807, 2.05) is 17.3 Å². The Balaban J connectivity index is 1.47. The minimum absolute atomic E-state index is 0.0366. The summed E-state index contributed by atoms with van der Waals surface area (Å²) in [5.41, 5.74) is 2.04. The number of anilines is 1. The fraction of sp³-hybridized carbons (Fsp3) is 0.520. The van der Waals surface area contributed by atoms with Gasteiger partial charge in [-0.05, 0) is 63.4 Å². The third-order valence-corrected chi connectivity index (χ3v) is 8.28. The second-order valence-corrected chi connectivity index (χ2v) is 12.0. The Morgan fingerprint density at radius 2 is 1.88 bits per heavy atom. The second-order valence-electron chi connectivity index (χ2n) is 11.1. The van der Waals surface area contributed by atoms with E-state index in [1.165, 1.54) is 11.3 Å². The molecule has 3 aliphatic heterocycles. The van der Waals surface area contributed by atoms with E-state index in [2.05, 4.69) is 59.0 Å². The van der Waals surface area contributed by atoms with Gasteiger partial charge in [-0.15, -0.1) is 0 Å². The number of allylic oxidation sites excluding steroid dienone is 4. The summed E-state index contributed by atoms with van der Waals surface area (Å²) in [6, 6.07) is 0. The van der Waals surface area contributed by atoms with Gasteiger partial charge in [0, 0.05) is 12.7 Å². The highest BCUT2D eigenvalue weighted by Gasteiger charge is 2.52. The van der Waals surface area contributed by atoms with Crippen LogP contribution >= 0.6 is 11.3 Å². The first-order chi connectivity index (χ1) is 16.0. The Hall–Kier alpha value is -2.36. The number of thiazole rings is 1. The lowest BCUT2D eigenvalue weighted by Crippen LogP contribution is -2.41. The lowest BCUT2D eigenvalue weighted by Gasteiger charge is -2.32. The molecule has 0 unspecified atom stereocenters. The smallest absolute Gasteiger partial charge is 0.462 e. The summed E-state index contributed by atoms with van der Waals surface area (Å²) in [7, 11) is -0.456. The Bertz CT molecular complexity index is 1130. The molecule has 180 valence electrons. The number of ether oxygens (including phenoxy) is 1. The maximum Gasteiger partial charge on any atom is 0.495 e. The average molecular weight is 481 g/mol. The van der Waals surface area contributed by atoms with Crippen molar-refractivity contribution in [1.82, 2.24) is 10.3 Å². The van der Waals surface area contributed by atoms with Crippen LogP contribution in [0.2, 0.25) is 0 Å². The molecule has 1 amide bonds. The van der Waals surface area contributed by atoms with Crippen LogP contribution in [0, 0.1) is 5.41 Å². The molecule has 0 spiro atoms. The zero-order valence-electron chi connectivity index (χ0n) is 20.7. The molecule has 0 bridgehead atoms. The van der Waals surface area contributed by atoms with E-state index >= 15 is 0 Å². The van der Waals surface area contributed by atoms with Gasteiger partial charge in [0.15, 0.2) is 5.13 Å². The van der Waals surface area contributed by atoms with Gasteiger partial charge in [0.05, 0.1) is 23.1 Å². The van der Waals surface area contributed by atoms with Crippen LogP contribution in [0.4, 0.5) is 5.13 Å². The molecule has 1 aromatic rings. The highest BCUT2D eigenvalue weighted by atomic mass is 32.1. The van der Waals surface area contributed by atoms with E-state index < -0.39 is 18.3 Å². The molecule has 4 heterocycles. The first-order valence-electron chi connectivity index (χ1n) is 11.8. The zero-order chi connectivity index (χ0) is 24.3. The third-order valence-electron chi connectivity index (χ3n) is 7.17. The minimum atomic E-state index is -0.456. The molecule has 0 atom stereocenters. The quantitative estimate of drug-likeness (QED) is 0.621. The monoisotopic (exact) mass is 481 g/mol. The molecule has 0 radical (unpaired) electrons. The van der Waals surface area contributed by atoms with Crippen molar-refractivity contribution in [1.29, 1.82) is 0 Å². The number of hydrogen-bond acceptors (Lipinski definition) is 7. The van der Waals surface area contributed by atoms with Gasteiger partial charge in [-0.1, -0.05) is 37.3 Å². The predicted octanol–water partition coefficient (Wildman–Crippen LogP) is 4.88.